The Morgan fingerprint density at radius 2 is 1.95 bits per heavy atom. The molecule has 0 aliphatic carbocycles. The first-order valence-corrected chi connectivity index (χ1v) is 6.86. The van der Waals surface area contributed by atoms with E-state index in [-0.39, 0.29) is 5.91 Å². The van der Waals surface area contributed by atoms with Crippen LogP contribution in [0, 0.1) is 0 Å². The van der Waals surface area contributed by atoms with Gasteiger partial charge in [-0.2, -0.15) is 0 Å². The molecule has 0 aliphatic heterocycles. The standard InChI is InChI=1S/C15H15BrN2O2/c1-20-14-12(3-2-4-13(14)17)15(19)18-9-10-5-7-11(16)8-6-10/h2-8H,9,17H2,1H3,(H,18,19). The molecule has 20 heavy (non-hydrogen) atoms. The van der Waals surface area contributed by atoms with Crippen LogP contribution in [0.1, 0.15) is 15.9 Å². The summed E-state index contributed by atoms with van der Waals surface area (Å²) in [6, 6.07) is 12.9. The molecule has 5 heteroatoms. The summed E-state index contributed by atoms with van der Waals surface area (Å²) in [6.07, 6.45) is 0. The van der Waals surface area contributed by atoms with E-state index in [0.717, 1.165) is 10.0 Å². The van der Waals surface area contributed by atoms with Crippen LogP contribution in [0.3, 0.4) is 0 Å². The monoisotopic (exact) mass is 334 g/mol. The molecule has 0 spiro atoms. The molecule has 4 nitrogen and oxygen atoms in total. The zero-order valence-corrected chi connectivity index (χ0v) is 12.6. The highest BCUT2D eigenvalue weighted by molar-refractivity contribution is 9.10. The van der Waals surface area contributed by atoms with Crippen LogP contribution in [0.15, 0.2) is 46.9 Å². The number of para-hydroxylation sites is 1. The average Bonchev–Trinajstić information content (AvgIpc) is 2.46. The topological polar surface area (TPSA) is 64.3 Å². The Morgan fingerprint density at radius 1 is 1.25 bits per heavy atom. The summed E-state index contributed by atoms with van der Waals surface area (Å²) < 4.78 is 6.18. The summed E-state index contributed by atoms with van der Waals surface area (Å²) in [7, 11) is 1.50. The number of rotatable bonds is 4. The third kappa shape index (κ3) is 3.30. The molecular formula is C15H15BrN2O2. The first-order valence-electron chi connectivity index (χ1n) is 6.07. The van der Waals surface area contributed by atoms with Crippen LogP contribution in [0.4, 0.5) is 5.69 Å². The van der Waals surface area contributed by atoms with Gasteiger partial charge in [-0.25, -0.2) is 0 Å². The molecule has 0 atom stereocenters. The number of ether oxygens (including phenoxy) is 1. The second kappa shape index (κ2) is 6.43. The van der Waals surface area contributed by atoms with E-state index in [0.29, 0.717) is 23.5 Å². The van der Waals surface area contributed by atoms with Crippen LogP contribution in [0.25, 0.3) is 0 Å². The molecule has 0 heterocycles. The maximum Gasteiger partial charge on any atom is 0.255 e. The van der Waals surface area contributed by atoms with Crippen LogP contribution in [-0.4, -0.2) is 13.0 Å². The van der Waals surface area contributed by atoms with Gasteiger partial charge in [-0.05, 0) is 29.8 Å². The SMILES string of the molecule is COc1c(N)cccc1C(=O)NCc1ccc(Br)cc1. The molecule has 0 radical (unpaired) electrons. The van der Waals surface area contributed by atoms with Crippen molar-refractivity contribution < 1.29 is 9.53 Å². The van der Waals surface area contributed by atoms with Crippen LogP contribution < -0.4 is 15.8 Å². The Labute approximate surface area is 126 Å². The van der Waals surface area contributed by atoms with Gasteiger partial charge < -0.3 is 15.8 Å². The Morgan fingerprint density at radius 3 is 2.60 bits per heavy atom. The minimum Gasteiger partial charge on any atom is -0.494 e. The number of hydrogen-bond acceptors (Lipinski definition) is 3. The number of anilines is 1. The quantitative estimate of drug-likeness (QED) is 0.845. The van der Waals surface area contributed by atoms with Crippen molar-refractivity contribution in [3.05, 3.63) is 58.1 Å². The number of benzene rings is 2. The van der Waals surface area contributed by atoms with Gasteiger partial charge in [0.05, 0.1) is 18.4 Å². The van der Waals surface area contributed by atoms with E-state index in [1.165, 1.54) is 7.11 Å². The zero-order chi connectivity index (χ0) is 14.5. The van der Waals surface area contributed by atoms with Gasteiger partial charge in [-0.15, -0.1) is 0 Å². The first-order chi connectivity index (χ1) is 9.61. The van der Waals surface area contributed by atoms with Crippen LogP contribution in [0.5, 0.6) is 5.75 Å². The maximum absolute atomic E-state index is 12.2. The van der Waals surface area contributed by atoms with Crippen molar-refractivity contribution in [3.63, 3.8) is 0 Å². The number of carbonyl (C=O) groups is 1. The minimum absolute atomic E-state index is 0.211. The van der Waals surface area contributed by atoms with Crippen molar-refractivity contribution in [3.8, 4) is 5.75 Å². The molecule has 2 aromatic carbocycles. The van der Waals surface area contributed by atoms with E-state index >= 15 is 0 Å². The summed E-state index contributed by atoms with van der Waals surface area (Å²) in [4.78, 5) is 12.2. The van der Waals surface area contributed by atoms with Gasteiger partial charge in [0.1, 0.15) is 0 Å². The molecule has 0 unspecified atom stereocenters. The number of carbonyl (C=O) groups excluding carboxylic acids is 1. The molecule has 0 aliphatic rings. The fourth-order valence-electron chi connectivity index (χ4n) is 1.84. The van der Waals surface area contributed by atoms with E-state index in [9.17, 15) is 4.79 Å². The molecule has 0 fully saturated rings. The van der Waals surface area contributed by atoms with Gasteiger partial charge in [0.15, 0.2) is 5.75 Å². The summed E-state index contributed by atoms with van der Waals surface area (Å²) in [5.74, 6) is 0.192. The van der Waals surface area contributed by atoms with Crippen LogP contribution in [-0.2, 0) is 6.54 Å². The van der Waals surface area contributed by atoms with E-state index in [4.69, 9.17) is 10.5 Å². The lowest BCUT2D eigenvalue weighted by molar-refractivity contribution is 0.0948. The van der Waals surface area contributed by atoms with Crippen molar-refractivity contribution in [1.29, 1.82) is 0 Å². The van der Waals surface area contributed by atoms with Crippen molar-refractivity contribution in [2.75, 3.05) is 12.8 Å². The lowest BCUT2D eigenvalue weighted by Gasteiger charge is -2.11. The number of hydrogen-bond donors (Lipinski definition) is 2. The van der Waals surface area contributed by atoms with Crippen molar-refractivity contribution >= 4 is 27.5 Å². The lowest BCUT2D eigenvalue weighted by atomic mass is 10.1. The van der Waals surface area contributed by atoms with Gasteiger partial charge in [-0.3, -0.25) is 4.79 Å². The molecule has 0 aromatic heterocycles. The molecule has 0 bridgehead atoms. The average molecular weight is 335 g/mol. The minimum atomic E-state index is -0.211. The highest BCUT2D eigenvalue weighted by Gasteiger charge is 2.13. The van der Waals surface area contributed by atoms with Gasteiger partial charge in [0, 0.05) is 11.0 Å². The number of nitrogen functional groups attached to an aromatic ring is 1. The molecule has 0 saturated carbocycles. The van der Waals surface area contributed by atoms with Crippen LogP contribution >= 0.6 is 15.9 Å². The normalized spacial score (nSPS) is 10.1. The Hall–Kier alpha value is -2.01. The van der Waals surface area contributed by atoms with E-state index in [1.807, 2.05) is 24.3 Å². The fraction of sp³-hybridized carbons (Fsp3) is 0.133. The first kappa shape index (κ1) is 14.4. The summed E-state index contributed by atoms with van der Waals surface area (Å²) in [5, 5.41) is 2.85. The Kier molecular flexibility index (Phi) is 4.63. The largest absolute Gasteiger partial charge is 0.494 e. The second-order valence-corrected chi connectivity index (χ2v) is 5.15. The predicted octanol–water partition coefficient (Wildman–Crippen LogP) is 2.97. The molecule has 104 valence electrons. The molecule has 0 saturated heterocycles. The fourth-order valence-corrected chi connectivity index (χ4v) is 2.11. The van der Waals surface area contributed by atoms with E-state index in [2.05, 4.69) is 21.2 Å². The molecule has 3 N–H and O–H groups in total. The number of nitrogens with one attached hydrogen (secondary N) is 1. The van der Waals surface area contributed by atoms with Crippen molar-refractivity contribution in [1.82, 2.24) is 5.32 Å². The smallest absolute Gasteiger partial charge is 0.255 e. The molecule has 2 aromatic rings. The number of nitrogens with two attached hydrogens (primary N) is 1. The van der Waals surface area contributed by atoms with Gasteiger partial charge in [-0.1, -0.05) is 34.1 Å². The third-order valence-corrected chi connectivity index (χ3v) is 3.39. The summed E-state index contributed by atoms with van der Waals surface area (Å²) in [6.45, 7) is 0.448. The second-order valence-electron chi connectivity index (χ2n) is 4.24. The van der Waals surface area contributed by atoms with Crippen molar-refractivity contribution in [2.24, 2.45) is 0 Å². The zero-order valence-electron chi connectivity index (χ0n) is 11.0. The summed E-state index contributed by atoms with van der Waals surface area (Å²) in [5.41, 5.74) is 7.68. The molecule has 2 rings (SSSR count). The van der Waals surface area contributed by atoms with Crippen LogP contribution in [0.2, 0.25) is 0 Å². The van der Waals surface area contributed by atoms with E-state index < -0.39 is 0 Å². The van der Waals surface area contributed by atoms with Gasteiger partial charge >= 0.3 is 0 Å². The molecular weight excluding hydrogens is 320 g/mol. The number of amides is 1. The maximum atomic E-state index is 12.2. The number of halogens is 1. The van der Waals surface area contributed by atoms with Crippen molar-refractivity contribution in [2.45, 2.75) is 6.54 Å². The van der Waals surface area contributed by atoms with E-state index in [1.54, 1.807) is 18.2 Å². The lowest BCUT2D eigenvalue weighted by Crippen LogP contribution is -2.23. The Bertz CT molecular complexity index is 612. The highest BCUT2D eigenvalue weighted by atomic mass is 79.9. The molecule has 1 amide bonds. The predicted molar refractivity (Wildman–Crippen MR) is 82.7 cm³/mol. The third-order valence-electron chi connectivity index (χ3n) is 2.86. The Balaban J connectivity index is 2.09. The van der Waals surface area contributed by atoms with Gasteiger partial charge in [0.25, 0.3) is 5.91 Å². The highest BCUT2D eigenvalue weighted by Crippen LogP contribution is 2.25. The number of methoxy groups -OCH3 is 1. The summed E-state index contributed by atoms with van der Waals surface area (Å²) >= 11 is 3.37. The van der Waals surface area contributed by atoms with Gasteiger partial charge in [0.2, 0.25) is 0 Å².